The maximum Gasteiger partial charge on any atom is 0.417 e. The van der Waals surface area contributed by atoms with Crippen LogP contribution in [0.4, 0.5) is 18.9 Å². The van der Waals surface area contributed by atoms with Crippen LogP contribution in [0.2, 0.25) is 5.02 Å². The van der Waals surface area contributed by atoms with Gasteiger partial charge in [0.1, 0.15) is 22.9 Å². The highest BCUT2D eigenvalue weighted by molar-refractivity contribution is 6.31. The Hall–Kier alpha value is -3.14. The number of halogens is 4. The van der Waals surface area contributed by atoms with Crippen molar-refractivity contribution in [3.8, 4) is 11.6 Å². The molecule has 0 radical (unpaired) electrons. The summed E-state index contributed by atoms with van der Waals surface area (Å²) >= 11 is 5.74. The fourth-order valence-corrected chi connectivity index (χ4v) is 2.09. The summed E-state index contributed by atoms with van der Waals surface area (Å²) in [5.74, 6) is -1.48. The summed E-state index contributed by atoms with van der Waals surface area (Å²) in [6.07, 6.45) is -2.84. The van der Waals surface area contributed by atoms with Gasteiger partial charge in [0.15, 0.2) is 0 Å². The SMILES string of the molecule is C=CCOC(=O)c1cc(Oc2ncc(C(F)(F)F)cc2Cl)ccc1[N+](=O)[O-]. The van der Waals surface area contributed by atoms with E-state index in [0.29, 0.717) is 12.3 Å². The number of esters is 1. The molecule has 1 aromatic heterocycles. The molecule has 0 N–H and O–H groups in total. The van der Waals surface area contributed by atoms with E-state index in [2.05, 4.69) is 11.6 Å². The number of aromatic nitrogens is 1. The summed E-state index contributed by atoms with van der Waals surface area (Å²) in [6.45, 7) is 3.18. The van der Waals surface area contributed by atoms with E-state index in [4.69, 9.17) is 21.1 Å². The Labute approximate surface area is 155 Å². The van der Waals surface area contributed by atoms with E-state index >= 15 is 0 Å². The van der Waals surface area contributed by atoms with Crippen LogP contribution in [0.1, 0.15) is 15.9 Å². The molecule has 0 aliphatic heterocycles. The van der Waals surface area contributed by atoms with Crippen molar-refractivity contribution in [2.45, 2.75) is 6.18 Å². The third kappa shape index (κ3) is 4.94. The molecule has 1 heterocycles. The summed E-state index contributed by atoms with van der Waals surface area (Å²) < 4.78 is 47.9. The highest BCUT2D eigenvalue weighted by Gasteiger charge is 2.32. The Morgan fingerprint density at radius 1 is 1.37 bits per heavy atom. The largest absolute Gasteiger partial charge is 0.458 e. The van der Waals surface area contributed by atoms with Crippen LogP contribution in [-0.4, -0.2) is 22.5 Å². The lowest BCUT2D eigenvalue weighted by Crippen LogP contribution is -2.09. The first-order valence-electron chi connectivity index (χ1n) is 7.10. The molecule has 7 nitrogen and oxygen atoms in total. The number of alkyl halides is 3. The molecule has 2 rings (SSSR count). The van der Waals surface area contributed by atoms with Gasteiger partial charge in [0.2, 0.25) is 5.88 Å². The number of hydrogen-bond acceptors (Lipinski definition) is 6. The van der Waals surface area contributed by atoms with Crippen LogP contribution in [0.15, 0.2) is 43.1 Å². The number of nitro benzene ring substituents is 1. The molecular weight excluding hydrogens is 393 g/mol. The number of carbonyl (C=O) groups is 1. The van der Waals surface area contributed by atoms with E-state index in [1.54, 1.807) is 0 Å². The summed E-state index contributed by atoms with van der Waals surface area (Å²) in [5, 5.41) is 10.6. The molecule has 2 aromatic rings. The van der Waals surface area contributed by atoms with Crippen LogP contribution >= 0.6 is 11.6 Å². The predicted octanol–water partition coefficient (Wildman–Crippen LogP) is 4.80. The molecule has 0 bridgehead atoms. The smallest absolute Gasteiger partial charge is 0.417 e. The number of hydrogen-bond donors (Lipinski definition) is 0. The first-order chi connectivity index (χ1) is 12.6. The van der Waals surface area contributed by atoms with Crippen molar-refractivity contribution < 1.29 is 32.4 Å². The Morgan fingerprint density at radius 3 is 2.63 bits per heavy atom. The van der Waals surface area contributed by atoms with Gasteiger partial charge in [-0.25, -0.2) is 9.78 Å². The van der Waals surface area contributed by atoms with Gasteiger partial charge in [-0.1, -0.05) is 24.3 Å². The molecular formula is C16H10ClF3N2O5. The molecule has 0 spiro atoms. The zero-order valence-corrected chi connectivity index (χ0v) is 14.1. The van der Waals surface area contributed by atoms with Crippen LogP contribution in [0.3, 0.4) is 0 Å². The lowest BCUT2D eigenvalue weighted by Gasteiger charge is -2.11. The number of pyridine rings is 1. The zero-order chi connectivity index (χ0) is 20.2. The predicted molar refractivity (Wildman–Crippen MR) is 87.9 cm³/mol. The summed E-state index contributed by atoms with van der Waals surface area (Å²) in [5.41, 5.74) is -2.03. The molecule has 0 saturated carbocycles. The van der Waals surface area contributed by atoms with Crippen LogP contribution in [0.5, 0.6) is 11.6 Å². The number of ether oxygens (including phenoxy) is 2. The topological polar surface area (TPSA) is 91.6 Å². The van der Waals surface area contributed by atoms with Gasteiger partial charge in [-0.3, -0.25) is 10.1 Å². The molecule has 0 saturated heterocycles. The van der Waals surface area contributed by atoms with Gasteiger partial charge in [-0.2, -0.15) is 13.2 Å². The Morgan fingerprint density at radius 2 is 2.07 bits per heavy atom. The van der Waals surface area contributed by atoms with Gasteiger partial charge in [-0.05, 0) is 12.1 Å². The highest BCUT2D eigenvalue weighted by atomic mass is 35.5. The van der Waals surface area contributed by atoms with Gasteiger partial charge in [0, 0.05) is 18.3 Å². The molecule has 0 atom stereocenters. The number of benzene rings is 1. The Kier molecular flexibility index (Phi) is 6.01. The quantitative estimate of drug-likeness (QED) is 0.298. The van der Waals surface area contributed by atoms with Crippen molar-refractivity contribution in [3.63, 3.8) is 0 Å². The summed E-state index contributed by atoms with van der Waals surface area (Å²) in [4.78, 5) is 25.7. The number of rotatable bonds is 6. The lowest BCUT2D eigenvalue weighted by molar-refractivity contribution is -0.385. The molecule has 0 fully saturated rings. The number of nitro groups is 1. The zero-order valence-electron chi connectivity index (χ0n) is 13.3. The molecule has 1 aromatic carbocycles. The van der Waals surface area contributed by atoms with Crippen LogP contribution in [0.25, 0.3) is 0 Å². The van der Waals surface area contributed by atoms with Crippen LogP contribution in [-0.2, 0) is 10.9 Å². The fraction of sp³-hybridized carbons (Fsp3) is 0.125. The normalized spacial score (nSPS) is 11.0. The van der Waals surface area contributed by atoms with Gasteiger partial charge >= 0.3 is 12.1 Å². The van der Waals surface area contributed by atoms with Gasteiger partial charge in [-0.15, -0.1) is 0 Å². The Balaban J connectivity index is 2.35. The van der Waals surface area contributed by atoms with Crippen molar-refractivity contribution in [2.24, 2.45) is 0 Å². The molecule has 27 heavy (non-hydrogen) atoms. The summed E-state index contributed by atoms with van der Waals surface area (Å²) in [7, 11) is 0. The van der Waals surface area contributed by atoms with Crippen molar-refractivity contribution >= 4 is 23.3 Å². The number of nitrogens with zero attached hydrogens (tertiary/aromatic N) is 2. The fourth-order valence-electron chi connectivity index (χ4n) is 1.88. The molecule has 0 unspecified atom stereocenters. The minimum atomic E-state index is -4.63. The maximum absolute atomic E-state index is 12.6. The van der Waals surface area contributed by atoms with E-state index in [0.717, 1.165) is 18.2 Å². The van der Waals surface area contributed by atoms with E-state index in [9.17, 15) is 28.1 Å². The molecule has 11 heteroatoms. The van der Waals surface area contributed by atoms with Crippen molar-refractivity contribution in [2.75, 3.05) is 6.61 Å². The first kappa shape index (κ1) is 20.2. The summed E-state index contributed by atoms with van der Waals surface area (Å²) in [6, 6.07) is 3.74. The third-order valence-corrected chi connectivity index (χ3v) is 3.34. The van der Waals surface area contributed by atoms with Gasteiger partial charge in [0.25, 0.3) is 5.69 Å². The van der Waals surface area contributed by atoms with Crippen molar-refractivity contribution in [3.05, 3.63) is 69.4 Å². The average molecular weight is 403 g/mol. The second-order valence-corrected chi connectivity index (χ2v) is 5.34. The van der Waals surface area contributed by atoms with E-state index in [1.807, 2.05) is 0 Å². The highest BCUT2D eigenvalue weighted by Crippen LogP contribution is 2.35. The van der Waals surface area contributed by atoms with Crippen LogP contribution < -0.4 is 4.74 Å². The number of carbonyl (C=O) groups excluding carboxylic acids is 1. The van der Waals surface area contributed by atoms with Gasteiger partial charge in [0.05, 0.1) is 10.5 Å². The standard InChI is InChI=1S/C16H10ClF3N2O5/c1-2-5-26-15(23)11-7-10(3-4-13(11)22(24)25)27-14-12(17)6-9(8-21-14)16(18,19)20/h2-4,6-8H,1,5H2. The van der Waals surface area contributed by atoms with Crippen molar-refractivity contribution in [1.82, 2.24) is 4.98 Å². The van der Waals surface area contributed by atoms with Crippen LogP contribution in [0, 0.1) is 10.1 Å². The van der Waals surface area contributed by atoms with Gasteiger partial charge < -0.3 is 9.47 Å². The van der Waals surface area contributed by atoms with E-state index < -0.39 is 38.9 Å². The first-order valence-corrected chi connectivity index (χ1v) is 7.48. The monoisotopic (exact) mass is 402 g/mol. The van der Waals surface area contributed by atoms with E-state index in [1.165, 1.54) is 6.08 Å². The van der Waals surface area contributed by atoms with E-state index in [-0.39, 0.29) is 18.2 Å². The van der Waals surface area contributed by atoms with Crippen molar-refractivity contribution in [1.29, 1.82) is 0 Å². The average Bonchev–Trinajstić information content (AvgIpc) is 2.60. The minimum absolute atomic E-state index is 0.111. The lowest BCUT2D eigenvalue weighted by atomic mass is 10.1. The Bertz CT molecular complexity index is 902. The molecule has 0 amide bonds. The molecule has 142 valence electrons. The molecule has 0 aliphatic carbocycles. The third-order valence-electron chi connectivity index (χ3n) is 3.07. The minimum Gasteiger partial charge on any atom is -0.458 e. The molecule has 0 aliphatic rings. The maximum atomic E-state index is 12.6. The second-order valence-electron chi connectivity index (χ2n) is 4.93. The second kappa shape index (κ2) is 8.04.